The molecular formula is C16H26. The van der Waals surface area contributed by atoms with Crippen molar-refractivity contribution in [1.82, 2.24) is 0 Å². The van der Waals surface area contributed by atoms with Gasteiger partial charge in [0.05, 0.1) is 0 Å². The summed E-state index contributed by atoms with van der Waals surface area (Å²) in [5.41, 5.74) is 2.63. The van der Waals surface area contributed by atoms with E-state index in [0.29, 0.717) is 5.92 Å². The first-order chi connectivity index (χ1) is 7.63. The molecule has 0 heterocycles. The van der Waals surface area contributed by atoms with Gasteiger partial charge in [-0.25, -0.2) is 0 Å². The fourth-order valence-electron chi connectivity index (χ4n) is 1.59. The quantitative estimate of drug-likeness (QED) is 0.375. The highest BCUT2D eigenvalue weighted by Gasteiger charge is 2.03. The molecule has 0 aromatic carbocycles. The molecule has 0 aliphatic rings. The monoisotopic (exact) mass is 218 g/mol. The largest absolute Gasteiger partial charge is 0.103 e. The Morgan fingerprint density at radius 1 is 1.19 bits per heavy atom. The maximum atomic E-state index is 3.92. The second-order valence-electron chi connectivity index (χ2n) is 4.47. The van der Waals surface area contributed by atoms with Crippen molar-refractivity contribution in [3.05, 3.63) is 48.6 Å². The molecule has 0 radical (unpaired) electrons. The van der Waals surface area contributed by atoms with E-state index in [0.717, 1.165) is 6.42 Å². The fourth-order valence-corrected chi connectivity index (χ4v) is 1.59. The van der Waals surface area contributed by atoms with Crippen LogP contribution in [-0.2, 0) is 0 Å². The van der Waals surface area contributed by atoms with Crippen LogP contribution in [0.2, 0.25) is 0 Å². The molecule has 0 bridgehead atoms. The van der Waals surface area contributed by atoms with Gasteiger partial charge in [0.25, 0.3) is 0 Å². The molecule has 0 heteroatoms. The summed E-state index contributed by atoms with van der Waals surface area (Å²) >= 11 is 0. The number of hydrogen-bond donors (Lipinski definition) is 0. The lowest BCUT2D eigenvalue weighted by molar-refractivity contribution is 0.551. The number of unbranched alkanes of at least 4 members (excludes halogenated alkanes) is 1. The minimum Gasteiger partial charge on any atom is -0.103 e. The Balaban J connectivity index is 4.23. The standard InChI is InChI=1S/C16H26/c1-6-9-10-16(8-3)13-15(5)12-11-14(4)7-2/h7-8,11-12,16H,2-3,6,9-10,13H2,1,4-5H3/b14-11-,15-12-. The highest BCUT2D eigenvalue weighted by molar-refractivity contribution is 5.22. The predicted molar refractivity (Wildman–Crippen MR) is 75.5 cm³/mol. The Kier molecular flexibility index (Phi) is 8.61. The Hall–Kier alpha value is -1.04. The van der Waals surface area contributed by atoms with Crippen LogP contribution in [0.5, 0.6) is 0 Å². The summed E-state index contributed by atoms with van der Waals surface area (Å²) in [6.45, 7) is 14.2. The summed E-state index contributed by atoms with van der Waals surface area (Å²) in [6, 6.07) is 0. The fraction of sp³-hybridized carbons (Fsp3) is 0.500. The topological polar surface area (TPSA) is 0 Å². The zero-order valence-corrected chi connectivity index (χ0v) is 11.1. The van der Waals surface area contributed by atoms with E-state index in [-0.39, 0.29) is 0 Å². The summed E-state index contributed by atoms with van der Waals surface area (Å²) in [7, 11) is 0. The highest BCUT2D eigenvalue weighted by Crippen LogP contribution is 2.19. The van der Waals surface area contributed by atoms with Gasteiger partial charge in [0.2, 0.25) is 0 Å². The lowest BCUT2D eigenvalue weighted by Crippen LogP contribution is -1.96. The van der Waals surface area contributed by atoms with E-state index in [9.17, 15) is 0 Å². The minimum absolute atomic E-state index is 0.633. The van der Waals surface area contributed by atoms with Crippen molar-refractivity contribution in [3.63, 3.8) is 0 Å². The SMILES string of the molecule is C=C/C(C)=C\C=C(\C)CC(C=C)CCCC. The Morgan fingerprint density at radius 2 is 1.88 bits per heavy atom. The molecule has 0 N–H and O–H groups in total. The van der Waals surface area contributed by atoms with Gasteiger partial charge in [0.1, 0.15) is 0 Å². The lowest BCUT2D eigenvalue weighted by Gasteiger charge is -2.11. The second kappa shape index (κ2) is 9.21. The highest BCUT2D eigenvalue weighted by atomic mass is 14.1. The third-order valence-electron chi connectivity index (χ3n) is 2.80. The number of allylic oxidation sites excluding steroid dienone is 6. The third-order valence-corrected chi connectivity index (χ3v) is 2.80. The molecule has 1 unspecified atom stereocenters. The molecule has 0 saturated carbocycles. The maximum absolute atomic E-state index is 3.92. The van der Waals surface area contributed by atoms with E-state index < -0.39 is 0 Å². The molecule has 0 rings (SSSR count). The summed E-state index contributed by atoms with van der Waals surface area (Å²) in [6.07, 6.45) is 13.2. The third kappa shape index (κ3) is 7.28. The van der Waals surface area contributed by atoms with Gasteiger partial charge >= 0.3 is 0 Å². The Morgan fingerprint density at radius 3 is 2.38 bits per heavy atom. The van der Waals surface area contributed by atoms with Crippen molar-refractivity contribution in [1.29, 1.82) is 0 Å². The van der Waals surface area contributed by atoms with Crippen molar-refractivity contribution in [2.45, 2.75) is 46.5 Å². The van der Waals surface area contributed by atoms with Crippen molar-refractivity contribution in [2.24, 2.45) is 5.92 Å². The molecule has 0 nitrogen and oxygen atoms in total. The molecule has 1 atom stereocenters. The first-order valence-corrected chi connectivity index (χ1v) is 6.23. The van der Waals surface area contributed by atoms with E-state index in [2.05, 4.69) is 52.2 Å². The molecule has 0 saturated heterocycles. The van der Waals surface area contributed by atoms with Crippen molar-refractivity contribution < 1.29 is 0 Å². The Labute approximate surface area is 101 Å². The summed E-state index contributed by atoms with van der Waals surface area (Å²) < 4.78 is 0. The molecule has 0 aromatic rings. The predicted octanol–water partition coefficient (Wildman–Crippen LogP) is 5.45. The molecule has 0 amide bonds. The van der Waals surface area contributed by atoms with Gasteiger partial charge in [-0.2, -0.15) is 0 Å². The number of rotatable bonds is 8. The van der Waals surface area contributed by atoms with Crippen molar-refractivity contribution in [2.75, 3.05) is 0 Å². The zero-order chi connectivity index (χ0) is 12.4. The summed E-state index contributed by atoms with van der Waals surface area (Å²) in [4.78, 5) is 0. The van der Waals surface area contributed by atoms with E-state index >= 15 is 0 Å². The maximum Gasteiger partial charge on any atom is -0.0199 e. The van der Waals surface area contributed by atoms with Crippen molar-refractivity contribution in [3.8, 4) is 0 Å². The first-order valence-electron chi connectivity index (χ1n) is 6.23. The second-order valence-corrected chi connectivity index (χ2v) is 4.47. The normalized spacial score (nSPS) is 14.7. The smallest absolute Gasteiger partial charge is 0.0199 e. The van der Waals surface area contributed by atoms with Crippen LogP contribution in [0.15, 0.2) is 48.6 Å². The average Bonchev–Trinajstić information content (AvgIpc) is 2.31. The molecule has 0 spiro atoms. The van der Waals surface area contributed by atoms with Crippen LogP contribution in [0, 0.1) is 5.92 Å². The van der Waals surface area contributed by atoms with Gasteiger partial charge in [-0.1, -0.05) is 61.8 Å². The van der Waals surface area contributed by atoms with Crippen LogP contribution in [0.4, 0.5) is 0 Å². The van der Waals surface area contributed by atoms with Gasteiger partial charge < -0.3 is 0 Å². The summed E-state index contributed by atoms with van der Waals surface area (Å²) in [5.74, 6) is 0.633. The molecule has 90 valence electrons. The van der Waals surface area contributed by atoms with Crippen LogP contribution < -0.4 is 0 Å². The molecule has 16 heavy (non-hydrogen) atoms. The van der Waals surface area contributed by atoms with Gasteiger partial charge in [0.15, 0.2) is 0 Å². The van der Waals surface area contributed by atoms with Gasteiger partial charge in [0, 0.05) is 0 Å². The molecule has 0 aliphatic heterocycles. The van der Waals surface area contributed by atoms with Crippen LogP contribution in [0.1, 0.15) is 46.5 Å². The van der Waals surface area contributed by atoms with E-state index in [1.807, 2.05) is 6.08 Å². The van der Waals surface area contributed by atoms with E-state index in [4.69, 9.17) is 0 Å². The first kappa shape index (κ1) is 15.0. The van der Waals surface area contributed by atoms with Crippen LogP contribution in [-0.4, -0.2) is 0 Å². The van der Waals surface area contributed by atoms with E-state index in [1.165, 1.54) is 30.4 Å². The molecule has 0 fully saturated rings. The molecule has 0 aromatic heterocycles. The average molecular weight is 218 g/mol. The van der Waals surface area contributed by atoms with Gasteiger partial charge in [-0.15, -0.1) is 6.58 Å². The minimum atomic E-state index is 0.633. The molecular weight excluding hydrogens is 192 g/mol. The van der Waals surface area contributed by atoms with Crippen LogP contribution >= 0.6 is 0 Å². The Bertz CT molecular complexity index is 266. The van der Waals surface area contributed by atoms with Crippen LogP contribution in [0.25, 0.3) is 0 Å². The summed E-state index contributed by atoms with van der Waals surface area (Å²) in [5, 5.41) is 0. The van der Waals surface area contributed by atoms with E-state index in [1.54, 1.807) is 0 Å². The van der Waals surface area contributed by atoms with Gasteiger partial charge in [-0.3, -0.25) is 0 Å². The lowest BCUT2D eigenvalue weighted by atomic mass is 9.94. The zero-order valence-electron chi connectivity index (χ0n) is 11.1. The number of hydrogen-bond acceptors (Lipinski definition) is 0. The van der Waals surface area contributed by atoms with Crippen LogP contribution in [0.3, 0.4) is 0 Å². The van der Waals surface area contributed by atoms with Gasteiger partial charge in [-0.05, 0) is 32.6 Å². The molecule has 0 aliphatic carbocycles. The van der Waals surface area contributed by atoms with Crippen molar-refractivity contribution >= 4 is 0 Å².